The Labute approximate surface area is 121 Å². The lowest BCUT2D eigenvalue weighted by Gasteiger charge is -2.45. The maximum Gasteiger partial charge on any atom is 0.120 e. The number of benzene rings is 1. The fraction of sp³-hybridized carbons (Fsp3) is 0.625. The summed E-state index contributed by atoms with van der Waals surface area (Å²) in [6, 6.07) is 8.80. The summed E-state index contributed by atoms with van der Waals surface area (Å²) < 4.78 is 5.23. The fourth-order valence-corrected chi connectivity index (χ4v) is 3.39. The van der Waals surface area contributed by atoms with Crippen LogP contribution in [0.1, 0.15) is 12.8 Å². The van der Waals surface area contributed by atoms with Gasteiger partial charge in [-0.1, -0.05) is 6.07 Å². The summed E-state index contributed by atoms with van der Waals surface area (Å²) in [5.74, 6) is 1.80. The van der Waals surface area contributed by atoms with Gasteiger partial charge in [-0.05, 0) is 44.0 Å². The summed E-state index contributed by atoms with van der Waals surface area (Å²) in [6.45, 7) is 5.84. The number of ether oxygens (including phenoxy) is 1. The van der Waals surface area contributed by atoms with Crippen LogP contribution in [0.25, 0.3) is 0 Å². The van der Waals surface area contributed by atoms with Gasteiger partial charge in [-0.2, -0.15) is 0 Å². The first-order valence-corrected chi connectivity index (χ1v) is 7.69. The average molecular weight is 275 g/mol. The third kappa shape index (κ3) is 3.25. The Morgan fingerprint density at radius 2 is 2.10 bits per heavy atom. The standard InChI is InChI=1S/C16H25N3O/c1-20-15-4-2-3-14(11-15)17-7-8-18-16-12-19-9-5-13(16)6-10-19/h2-4,11,13,16-18H,5-10,12H2,1H3. The molecule has 4 nitrogen and oxygen atoms in total. The molecule has 2 N–H and O–H groups in total. The first-order chi connectivity index (χ1) is 9.85. The Bertz CT molecular complexity index is 429. The number of methoxy groups -OCH3 is 1. The second-order valence-electron chi connectivity index (χ2n) is 5.86. The maximum absolute atomic E-state index is 5.23. The van der Waals surface area contributed by atoms with Crippen molar-refractivity contribution in [1.82, 2.24) is 10.2 Å². The first kappa shape index (κ1) is 13.7. The van der Waals surface area contributed by atoms with E-state index in [4.69, 9.17) is 4.74 Å². The molecule has 2 bridgehead atoms. The molecule has 1 unspecified atom stereocenters. The summed E-state index contributed by atoms with van der Waals surface area (Å²) in [6.07, 6.45) is 2.75. The number of piperidine rings is 3. The molecule has 0 aliphatic carbocycles. The minimum Gasteiger partial charge on any atom is -0.497 e. The zero-order valence-corrected chi connectivity index (χ0v) is 12.3. The number of fused-ring (bicyclic) bond motifs is 3. The molecule has 3 aliphatic rings. The maximum atomic E-state index is 5.23. The van der Waals surface area contributed by atoms with Gasteiger partial charge < -0.3 is 20.3 Å². The summed E-state index contributed by atoms with van der Waals surface area (Å²) in [7, 11) is 1.70. The molecule has 4 heteroatoms. The van der Waals surface area contributed by atoms with Crippen LogP contribution in [0.15, 0.2) is 24.3 Å². The molecule has 1 aromatic carbocycles. The molecule has 1 aromatic rings. The number of hydrogen-bond acceptors (Lipinski definition) is 4. The van der Waals surface area contributed by atoms with Crippen molar-refractivity contribution in [3.8, 4) is 5.75 Å². The molecular weight excluding hydrogens is 250 g/mol. The van der Waals surface area contributed by atoms with Crippen molar-refractivity contribution < 1.29 is 4.74 Å². The lowest BCUT2D eigenvalue weighted by Crippen LogP contribution is -2.56. The molecule has 0 saturated carbocycles. The van der Waals surface area contributed by atoms with Gasteiger partial charge in [-0.25, -0.2) is 0 Å². The van der Waals surface area contributed by atoms with Gasteiger partial charge >= 0.3 is 0 Å². The third-order valence-corrected chi connectivity index (χ3v) is 4.59. The average Bonchev–Trinajstić information content (AvgIpc) is 2.53. The number of anilines is 1. The van der Waals surface area contributed by atoms with E-state index >= 15 is 0 Å². The third-order valence-electron chi connectivity index (χ3n) is 4.59. The van der Waals surface area contributed by atoms with Crippen molar-refractivity contribution >= 4 is 5.69 Å². The molecule has 110 valence electrons. The fourth-order valence-electron chi connectivity index (χ4n) is 3.39. The minimum atomic E-state index is 0.699. The van der Waals surface area contributed by atoms with E-state index in [1.54, 1.807) is 7.11 Å². The zero-order valence-electron chi connectivity index (χ0n) is 12.3. The highest BCUT2D eigenvalue weighted by atomic mass is 16.5. The van der Waals surface area contributed by atoms with Crippen molar-refractivity contribution in [3.63, 3.8) is 0 Å². The topological polar surface area (TPSA) is 36.5 Å². The molecule has 0 radical (unpaired) electrons. The van der Waals surface area contributed by atoms with E-state index in [0.29, 0.717) is 6.04 Å². The van der Waals surface area contributed by atoms with Crippen LogP contribution in [0.2, 0.25) is 0 Å². The van der Waals surface area contributed by atoms with Crippen LogP contribution in [0, 0.1) is 5.92 Å². The molecule has 3 fully saturated rings. The van der Waals surface area contributed by atoms with Gasteiger partial charge in [0, 0.05) is 37.4 Å². The molecule has 20 heavy (non-hydrogen) atoms. The Morgan fingerprint density at radius 1 is 1.25 bits per heavy atom. The van der Waals surface area contributed by atoms with Crippen LogP contribution in [-0.4, -0.2) is 50.8 Å². The molecule has 3 heterocycles. The van der Waals surface area contributed by atoms with E-state index < -0.39 is 0 Å². The minimum absolute atomic E-state index is 0.699. The lowest BCUT2D eigenvalue weighted by atomic mass is 9.84. The molecule has 0 aromatic heterocycles. The predicted molar refractivity (Wildman–Crippen MR) is 82.4 cm³/mol. The zero-order chi connectivity index (χ0) is 13.8. The first-order valence-electron chi connectivity index (χ1n) is 7.69. The summed E-state index contributed by atoms with van der Waals surface area (Å²) in [5.41, 5.74) is 1.13. The van der Waals surface area contributed by atoms with Crippen molar-refractivity contribution in [2.75, 3.05) is 45.2 Å². The van der Waals surface area contributed by atoms with E-state index in [-0.39, 0.29) is 0 Å². The second kappa shape index (κ2) is 6.46. The quantitative estimate of drug-likeness (QED) is 0.776. The van der Waals surface area contributed by atoms with Gasteiger partial charge in [0.05, 0.1) is 7.11 Å². The van der Waals surface area contributed by atoms with Gasteiger partial charge in [0.15, 0.2) is 0 Å². The van der Waals surface area contributed by atoms with Crippen molar-refractivity contribution in [2.45, 2.75) is 18.9 Å². The Balaban J connectivity index is 1.39. The number of rotatable bonds is 6. The number of hydrogen-bond donors (Lipinski definition) is 2. The van der Waals surface area contributed by atoms with Crippen LogP contribution in [0.4, 0.5) is 5.69 Å². The Kier molecular flexibility index (Phi) is 4.43. The molecule has 0 amide bonds. The monoisotopic (exact) mass is 275 g/mol. The highest BCUT2D eigenvalue weighted by Crippen LogP contribution is 2.27. The van der Waals surface area contributed by atoms with E-state index in [0.717, 1.165) is 30.4 Å². The molecule has 1 atom stereocenters. The molecule has 0 spiro atoms. The smallest absolute Gasteiger partial charge is 0.120 e. The van der Waals surface area contributed by atoms with Crippen molar-refractivity contribution in [1.29, 1.82) is 0 Å². The summed E-state index contributed by atoms with van der Waals surface area (Å²) in [5, 5.41) is 7.16. The molecule has 3 saturated heterocycles. The lowest BCUT2D eigenvalue weighted by molar-refractivity contribution is 0.0735. The van der Waals surface area contributed by atoms with Gasteiger partial charge in [-0.15, -0.1) is 0 Å². The largest absolute Gasteiger partial charge is 0.497 e. The van der Waals surface area contributed by atoms with Crippen LogP contribution in [-0.2, 0) is 0 Å². The van der Waals surface area contributed by atoms with Crippen molar-refractivity contribution in [2.24, 2.45) is 5.92 Å². The number of nitrogens with one attached hydrogen (secondary N) is 2. The molecule has 3 aliphatic heterocycles. The Hall–Kier alpha value is -1.26. The van der Waals surface area contributed by atoms with Gasteiger partial charge in [0.25, 0.3) is 0 Å². The SMILES string of the molecule is COc1cccc(NCCNC2CN3CCC2CC3)c1. The predicted octanol–water partition coefficient (Wildman–Crippen LogP) is 1.79. The van der Waals surface area contributed by atoms with E-state index in [1.165, 1.54) is 32.5 Å². The number of nitrogens with zero attached hydrogens (tertiary/aromatic N) is 1. The van der Waals surface area contributed by atoms with E-state index in [2.05, 4.69) is 21.6 Å². The van der Waals surface area contributed by atoms with E-state index in [1.807, 2.05) is 18.2 Å². The van der Waals surface area contributed by atoms with Crippen LogP contribution in [0.3, 0.4) is 0 Å². The van der Waals surface area contributed by atoms with E-state index in [9.17, 15) is 0 Å². The summed E-state index contributed by atoms with van der Waals surface area (Å²) >= 11 is 0. The highest BCUT2D eigenvalue weighted by molar-refractivity contribution is 5.48. The molecular formula is C16H25N3O. The van der Waals surface area contributed by atoms with Crippen LogP contribution >= 0.6 is 0 Å². The second-order valence-corrected chi connectivity index (χ2v) is 5.86. The highest BCUT2D eigenvalue weighted by Gasteiger charge is 2.33. The van der Waals surface area contributed by atoms with Crippen LogP contribution < -0.4 is 15.4 Å². The van der Waals surface area contributed by atoms with Gasteiger partial charge in [-0.3, -0.25) is 0 Å². The van der Waals surface area contributed by atoms with Crippen molar-refractivity contribution in [3.05, 3.63) is 24.3 Å². The van der Waals surface area contributed by atoms with Crippen LogP contribution in [0.5, 0.6) is 5.75 Å². The summed E-state index contributed by atoms with van der Waals surface area (Å²) in [4.78, 5) is 2.59. The van der Waals surface area contributed by atoms with Gasteiger partial charge in [0.2, 0.25) is 0 Å². The molecule has 4 rings (SSSR count). The normalized spacial score (nSPS) is 28.4. The van der Waals surface area contributed by atoms with Gasteiger partial charge in [0.1, 0.15) is 5.75 Å². The Morgan fingerprint density at radius 3 is 2.80 bits per heavy atom.